The summed E-state index contributed by atoms with van der Waals surface area (Å²) in [5.74, 6) is 0.537. The van der Waals surface area contributed by atoms with Gasteiger partial charge in [0.15, 0.2) is 0 Å². The van der Waals surface area contributed by atoms with Gasteiger partial charge in [-0.2, -0.15) is 0 Å². The molecule has 124 valence electrons. The number of amides is 2. The molecule has 6 heteroatoms. The second-order valence-electron chi connectivity index (χ2n) is 6.83. The molecule has 2 aliphatic rings. The number of anilines is 1. The van der Waals surface area contributed by atoms with Crippen LogP contribution in [-0.4, -0.2) is 45.5 Å². The van der Waals surface area contributed by atoms with Crippen molar-refractivity contribution >= 4 is 17.6 Å². The van der Waals surface area contributed by atoms with Crippen molar-refractivity contribution in [2.75, 3.05) is 11.9 Å². The minimum absolute atomic E-state index is 0.0964. The van der Waals surface area contributed by atoms with E-state index >= 15 is 0 Å². The Balaban J connectivity index is 1.75. The highest BCUT2D eigenvalue weighted by molar-refractivity contribution is 5.97. The Hall–Kier alpha value is -1.95. The topological polar surface area (TPSA) is 82.5 Å². The molecule has 2 amide bonds. The predicted octanol–water partition coefficient (Wildman–Crippen LogP) is 1.66. The van der Waals surface area contributed by atoms with Gasteiger partial charge in [0.2, 0.25) is 5.91 Å². The summed E-state index contributed by atoms with van der Waals surface area (Å²) in [6, 6.07) is 3.40. The molecule has 6 nitrogen and oxygen atoms in total. The number of aliphatic hydroxyl groups excluding tert-OH is 1. The smallest absolute Gasteiger partial charge is 0.254 e. The molecule has 1 saturated heterocycles. The lowest BCUT2D eigenvalue weighted by Crippen LogP contribution is -2.37. The predicted molar refractivity (Wildman–Crippen MR) is 85.9 cm³/mol. The number of rotatable bonds is 4. The maximum Gasteiger partial charge on any atom is 0.254 e. The van der Waals surface area contributed by atoms with Crippen LogP contribution in [0.25, 0.3) is 0 Å². The van der Waals surface area contributed by atoms with E-state index in [4.69, 9.17) is 0 Å². The van der Waals surface area contributed by atoms with Crippen LogP contribution >= 0.6 is 0 Å². The van der Waals surface area contributed by atoms with Crippen LogP contribution < -0.4 is 5.32 Å². The number of likely N-dealkylation sites (tertiary alicyclic amines) is 1. The molecule has 0 aromatic carbocycles. The van der Waals surface area contributed by atoms with Gasteiger partial charge >= 0.3 is 0 Å². The van der Waals surface area contributed by atoms with Crippen molar-refractivity contribution < 1.29 is 14.7 Å². The molecule has 0 bridgehead atoms. The molecule has 1 aliphatic carbocycles. The van der Waals surface area contributed by atoms with E-state index in [2.05, 4.69) is 10.3 Å². The highest BCUT2D eigenvalue weighted by Gasteiger charge is 2.43. The van der Waals surface area contributed by atoms with Gasteiger partial charge in [0, 0.05) is 30.3 Å². The van der Waals surface area contributed by atoms with Crippen LogP contribution in [-0.2, 0) is 4.79 Å². The summed E-state index contributed by atoms with van der Waals surface area (Å²) in [6.45, 7) is 3.99. The molecular formula is C17H23N3O3. The molecule has 1 aromatic heterocycles. The summed E-state index contributed by atoms with van der Waals surface area (Å²) in [5, 5.41) is 12.6. The average molecular weight is 317 g/mol. The molecule has 2 N–H and O–H groups in total. The number of carbonyl (C=O) groups excluding carboxylic acids is 2. The molecule has 0 radical (unpaired) electrons. The fourth-order valence-electron chi connectivity index (χ4n) is 3.07. The van der Waals surface area contributed by atoms with Gasteiger partial charge in [-0.05, 0) is 37.3 Å². The minimum atomic E-state index is -0.438. The van der Waals surface area contributed by atoms with E-state index in [0.717, 1.165) is 12.8 Å². The van der Waals surface area contributed by atoms with Crippen molar-refractivity contribution in [3.05, 3.63) is 23.9 Å². The van der Waals surface area contributed by atoms with Crippen LogP contribution in [0.5, 0.6) is 0 Å². The third kappa shape index (κ3) is 3.52. The Morgan fingerprint density at radius 1 is 1.39 bits per heavy atom. The quantitative estimate of drug-likeness (QED) is 0.885. The van der Waals surface area contributed by atoms with Crippen molar-refractivity contribution in [2.45, 2.75) is 45.3 Å². The highest BCUT2D eigenvalue weighted by Crippen LogP contribution is 2.40. The van der Waals surface area contributed by atoms with Gasteiger partial charge in [-0.25, -0.2) is 4.98 Å². The Bertz CT molecular complexity index is 613. The van der Waals surface area contributed by atoms with E-state index in [-0.39, 0.29) is 23.8 Å². The number of aromatic nitrogens is 1. The molecular weight excluding hydrogens is 294 g/mol. The second kappa shape index (κ2) is 6.28. The van der Waals surface area contributed by atoms with Crippen LogP contribution in [0, 0.1) is 11.8 Å². The fraction of sp³-hybridized carbons (Fsp3) is 0.588. The van der Waals surface area contributed by atoms with Gasteiger partial charge in [0.1, 0.15) is 5.82 Å². The summed E-state index contributed by atoms with van der Waals surface area (Å²) in [5.41, 5.74) is 0.499. The SMILES string of the molecule is CC(C)C(=O)Nc1cc(C(=O)N2CC(O)CC2C2CC2)ccn1. The van der Waals surface area contributed by atoms with E-state index in [1.165, 1.54) is 6.20 Å². The zero-order valence-corrected chi connectivity index (χ0v) is 13.5. The van der Waals surface area contributed by atoms with Gasteiger partial charge in [-0.3, -0.25) is 9.59 Å². The molecule has 1 aromatic rings. The molecule has 2 atom stereocenters. The molecule has 2 heterocycles. The lowest BCUT2D eigenvalue weighted by molar-refractivity contribution is -0.118. The summed E-state index contributed by atoms with van der Waals surface area (Å²) in [7, 11) is 0. The van der Waals surface area contributed by atoms with Crippen molar-refractivity contribution in [2.24, 2.45) is 11.8 Å². The number of β-amino-alcohol motifs (C(OH)–C–C–N with tert-alkyl or cyclic N) is 1. The highest BCUT2D eigenvalue weighted by atomic mass is 16.3. The monoisotopic (exact) mass is 317 g/mol. The Morgan fingerprint density at radius 2 is 2.13 bits per heavy atom. The number of hydrogen-bond donors (Lipinski definition) is 2. The van der Waals surface area contributed by atoms with Gasteiger partial charge in [-0.1, -0.05) is 13.8 Å². The van der Waals surface area contributed by atoms with Crippen LogP contribution in [0.15, 0.2) is 18.3 Å². The first kappa shape index (κ1) is 15.9. The maximum atomic E-state index is 12.8. The third-order valence-electron chi connectivity index (χ3n) is 4.53. The first-order valence-electron chi connectivity index (χ1n) is 8.21. The standard InChI is InChI=1S/C17H23N3O3/c1-10(2)16(22)19-15-7-12(5-6-18-15)17(23)20-9-13(21)8-14(20)11-3-4-11/h5-7,10-11,13-14,21H,3-4,8-9H2,1-2H3,(H,18,19,22). The Kier molecular flexibility index (Phi) is 4.35. The lowest BCUT2D eigenvalue weighted by Gasteiger charge is -2.24. The van der Waals surface area contributed by atoms with Crippen molar-refractivity contribution in [1.29, 1.82) is 0 Å². The lowest BCUT2D eigenvalue weighted by atomic mass is 10.1. The number of carbonyl (C=O) groups is 2. The average Bonchev–Trinajstić information content (AvgIpc) is 3.29. The van der Waals surface area contributed by atoms with Crippen LogP contribution in [0.1, 0.15) is 43.5 Å². The van der Waals surface area contributed by atoms with Crippen LogP contribution in [0.4, 0.5) is 5.82 Å². The first-order chi connectivity index (χ1) is 11.0. The van der Waals surface area contributed by atoms with E-state index in [1.807, 2.05) is 0 Å². The minimum Gasteiger partial charge on any atom is -0.391 e. The normalized spacial score (nSPS) is 24.1. The van der Waals surface area contributed by atoms with Gasteiger partial charge < -0.3 is 15.3 Å². The molecule has 3 rings (SSSR count). The number of aliphatic hydroxyl groups is 1. The molecule has 23 heavy (non-hydrogen) atoms. The van der Waals surface area contributed by atoms with E-state index in [1.54, 1.807) is 30.9 Å². The van der Waals surface area contributed by atoms with Gasteiger partial charge in [-0.15, -0.1) is 0 Å². The first-order valence-corrected chi connectivity index (χ1v) is 8.21. The molecule has 1 aliphatic heterocycles. The van der Waals surface area contributed by atoms with E-state index in [0.29, 0.717) is 30.3 Å². The fourth-order valence-corrected chi connectivity index (χ4v) is 3.07. The summed E-state index contributed by atoms with van der Waals surface area (Å²) in [6.07, 6.45) is 4.02. The number of hydrogen-bond acceptors (Lipinski definition) is 4. The molecule has 2 unspecified atom stereocenters. The van der Waals surface area contributed by atoms with Crippen molar-refractivity contribution in [3.8, 4) is 0 Å². The number of nitrogens with zero attached hydrogens (tertiary/aromatic N) is 2. The Labute approximate surface area is 135 Å². The zero-order valence-electron chi connectivity index (χ0n) is 13.5. The molecule has 0 spiro atoms. The Morgan fingerprint density at radius 3 is 2.78 bits per heavy atom. The van der Waals surface area contributed by atoms with E-state index in [9.17, 15) is 14.7 Å². The summed E-state index contributed by atoms with van der Waals surface area (Å²) < 4.78 is 0. The van der Waals surface area contributed by atoms with Crippen LogP contribution in [0.2, 0.25) is 0 Å². The largest absolute Gasteiger partial charge is 0.391 e. The van der Waals surface area contributed by atoms with E-state index < -0.39 is 6.10 Å². The van der Waals surface area contributed by atoms with Gasteiger partial charge in [0.05, 0.1) is 6.10 Å². The zero-order chi connectivity index (χ0) is 16.6. The maximum absolute atomic E-state index is 12.8. The molecule has 2 fully saturated rings. The summed E-state index contributed by atoms with van der Waals surface area (Å²) in [4.78, 5) is 30.4. The third-order valence-corrected chi connectivity index (χ3v) is 4.53. The van der Waals surface area contributed by atoms with Gasteiger partial charge in [0.25, 0.3) is 5.91 Å². The molecule has 1 saturated carbocycles. The van der Waals surface area contributed by atoms with Crippen LogP contribution in [0.3, 0.4) is 0 Å². The summed E-state index contributed by atoms with van der Waals surface area (Å²) >= 11 is 0. The van der Waals surface area contributed by atoms with Crippen molar-refractivity contribution in [1.82, 2.24) is 9.88 Å². The number of nitrogens with one attached hydrogen (secondary N) is 1. The van der Waals surface area contributed by atoms with Crippen molar-refractivity contribution in [3.63, 3.8) is 0 Å². The number of pyridine rings is 1. The second-order valence-corrected chi connectivity index (χ2v) is 6.83.